The molecule has 0 saturated heterocycles. The van der Waals surface area contributed by atoms with Crippen LogP contribution >= 0.6 is 0 Å². The van der Waals surface area contributed by atoms with Gasteiger partial charge in [-0.1, -0.05) is 30.0 Å². The average molecular weight is 282 g/mol. The zero-order valence-electron chi connectivity index (χ0n) is 12.3. The van der Waals surface area contributed by atoms with Gasteiger partial charge in [-0.2, -0.15) is 0 Å². The number of esters is 1. The van der Waals surface area contributed by atoms with Gasteiger partial charge in [0.05, 0.1) is 26.1 Å². The summed E-state index contributed by atoms with van der Waals surface area (Å²) < 4.78 is 9.82. The van der Waals surface area contributed by atoms with Gasteiger partial charge < -0.3 is 9.47 Å². The first-order valence-electron chi connectivity index (χ1n) is 6.87. The van der Waals surface area contributed by atoms with E-state index in [0.717, 1.165) is 36.0 Å². The van der Waals surface area contributed by atoms with E-state index in [0.29, 0.717) is 5.57 Å². The maximum atomic E-state index is 11.9. The Hall–Kier alpha value is -2.47. The molecule has 0 fully saturated rings. The molecule has 0 amide bonds. The lowest BCUT2D eigenvalue weighted by atomic mass is 10.0. The highest BCUT2D eigenvalue weighted by Crippen LogP contribution is 2.31. The molecule has 1 aliphatic carbocycles. The van der Waals surface area contributed by atoms with Crippen molar-refractivity contribution in [1.82, 2.24) is 0 Å². The number of carbonyl (C=O) groups excluding carboxylic acids is 1. The minimum atomic E-state index is -0.382. The molecule has 0 saturated carbocycles. The van der Waals surface area contributed by atoms with E-state index in [1.165, 1.54) is 20.5 Å². The zero-order chi connectivity index (χ0) is 15.1. The van der Waals surface area contributed by atoms with Gasteiger partial charge in [-0.25, -0.2) is 4.79 Å². The minimum absolute atomic E-state index is 0.382. The van der Waals surface area contributed by atoms with Crippen LogP contribution in [0.2, 0.25) is 0 Å². The Kier molecular flexibility index (Phi) is 5.22. The molecule has 1 aromatic rings. The van der Waals surface area contributed by atoms with E-state index in [9.17, 15) is 4.79 Å². The molecular formula is C18H18O3. The van der Waals surface area contributed by atoms with E-state index in [4.69, 9.17) is 9.47 Å². The molecule has 1 aromatic carbocycles. The van der Waals surface area contributed by atoms with Gasteiger partial charge in [-0.3, -0.25) is 0 Å². The molecule has 21 heavy (non-hydrogen) atoms. The quantitative estimate of drug-likeness (QED) is 0.369. The number of ether oxygens (including phenoxy) is 2. The molecule has 0 atom stereocenters. The minimum Gasteiger partial charge on any atom is -0.503 e. The molecule has 3 heteroatoms. The average Bonchev–Trinajstić information content (AvgIpc) is 2.99. The molecule has 0 aliphatic heterocycles. The molecule has 0 radical (unpaired) electrons. The van der Waals surface area contributed by atoms with Crippen molar-refractivity contribution in [2.45, 2.75) is 19.3 Å². The number of carbonyl (C=O) groups is 1. The highest BCUT2D eigenvalue weighted by atomic mass is 16.5. The highest BCUT2D eigenvalue weighted by molar-refractivity contribution is 5.93. The van der Waals surface area contributed by atoms with Gasteiger partial charge >= 0.3 is 5.97 Å². The van der Waals surface area contributed by atoms with Gasteiger partial charge in [-0.15, -0.1) is 0 Å². The summed E-state index contributed by atoms with van der Waals surface area (Å²) in [5, 5.41) is 0. The maximum absolute atomic E-state index is 11.9. The van der Waals surface area contributed by atoms with Crippen LogP contribution in [0.1, 0.15) is 24.8 Å². The number of allylic oxidation sites excluding steroid dienone is 1. The first-order chi connectivity index (χ1) is 10.3. The summed E-state index contributed by atoms with van der Waals surface area (Å²) in [6, 6.07) is 9.81. The van der Waals surface area contributed by atoms with Crippen LogP contribution in [0.15, 0.2) is 53.3 Å². The van der Waals surface area contributed by atoms with Crippen LogP contribution in [0.25, 0.3) is 0 Å². The van der Waals surface area contributed by atoms with Gasteiger partial charge in [0.15, 0.2) is 0 Å². The van der Waals surface area contributed by atoms with E-state index in [1.807, 2.05) is 30.3 Å². The largest absolute Gasteiger partial charge is 0.503 e. The van der Waals surface area contributed by atoms with E-state index in [-0.39, 0.29) is 5.97 Å². The first kappa shape index (κ1) is 14.9. The van der Waals surface area contributed by atoms with Gasteiger partial charge in [-0.05, 0) is 37.0 Å². The Labute approximate surface area is 125 Å². The fourth-order valence-corrected chi connectivity index (χ4v) is 2.32. The smallest absolute Gasteiger partial charge is 0.341 e. The molecule has 0 unspecified atom stereocenters. The second-order valence-electron chi connectivity index (χ2n) is 4.69. The molecule has 0 bridgehead atoms. The normalized spacial score (nSPS) is 14.5. The van der Waals surface area contributed by atoms with Crippen molar-refractivity contribution in [1.29, 1.82) is 0 Å². The van der Waals surface area contributed by atoms with Gasteiger partial charge in [0.2, 0.25) is 0 Å². The Morgan fingerprint density at radius 2 is 1.90 bits per heavy atom. The molecule has 2 rings (SSSR count). The van der Waals surface area contributed by atoms with Crippen molar-refractivity contribution in [2.24, 2.45) is 0 Å². The van der Waals surface area contributed by atoms with E-state index in [1.54, 1.807) is 0 Å². The summed E-state index contributed by atoms with van der Waals surface area (Å²) in [5.74, 6) is 5.95. The second-order valence-corrected chi connectivity index (χ2v) is 4.69. The fourth-order valence-electron chi connectivity index (χ4n) is 2.32. The van der Waals surface area contributed by atoms with Crippen molar-refractivity contribution in [3.63, 3.8) is 0 Å². The Morgan fingerprint density at radius 3 is 2.57 bits per heavy atom. The van der Waals surface area contributed by atoms with Crippen LogP contribution < -0.4 is 0 Å². The van der Waals surface area contributed by atoms with Crippen LogP contribution in [-0.4, -0.2) is 20.2 Å². The van der Waals surface area contributed by atoms with Gasteiger partial charge in [0.1, 0.15) is 0 Å². The molecule has 3 nitrogen and oxygen atoms in total. The first-order valence-corrected chi connectivity index (χ1v) is 6.87. The summed E-state index contributed by atoms with van der Waals surface area (Å²) in [4.78, 5) is 11.9. The molecule has 0 heterocycles. The number of hydrogen-bond acceptors (Lipinski definition) is 3. The van der Waals surface area contributed by atoms with Crippen molar-refractivity contribution >= 4 is 5.97 Å². The van der Waals surface area contributed by atoms with Crippen LogP contribution in [0.4, 0.5) is 0 Å². The molecule has 0 aromatic heterocycles. The predicted octanol–water partition coefficient (Wildman–Crippen LogP) is 3.22. The summed E-state index contributed by atoms with van der Waals surface area (Å²) >= 11 is 0. The molecule has 0 N–H and O–H groups in total. The lowest BCUT2D eigenvalue weighted by molar-refractivity contribution is -0.136. The zero-order valence-corrected chi connectivity index (χ0v) is 12.3. The summed E-state index contributed by atoms with van der Waals surface area (Å²) in [6.07, 6.45) is 4.14. The molecule has 0 spiro atoms. The third-order valence-corrected chi connectivity index (χ3v) is 3.32. The summed E-state index contributed by atoms with van der Waals surface area (Å²) in [7, 11) is 2.89. The molecular weight excluding hydrogens is 264 g/mol. The molecule has 1 aliphatic rings. The Morgan fingerprint density at radius 1 is 1.14 bits per heavy atom. The standard InChI is InChI=1S/C18H18O3/c1-20-13-17(18(19)21-2)16-10-6-9-15(16)12-11-14-7-4-3-5-8-14/h3-5,7-8,13H,6,9-10H2,1-2H3/b17-13+. The third-order valence-electron chi connectivity index (χ3n) is 3.32. The van der Waals surface area contributed by atoms with Gasteiger partial charge in [0.25, 0.3) is 0 Å². The highest BCUT2D eigenvalue weighted by Gasteiger charge is 2.22. The van der Waals surface area contributed by atoms with Crippen LogP contribution in [0.3, 0.4) is 0 Å². The van der Waals surface area contributed by atoms with E-state index >= 15 is 0 Å². The van der Waals surface area contributed by atoms with E-state index < -0.39 is 0 Å². The van der Waals surface area contributed by atoms with Crippen LogP contribution in [0.5, 0.6) is 0 Å². The lowest BCUT2D eigenvalue weighted by Crippen LogP contribution is -2.07. The topological polar surface area (TPSA) is 35.5 Å². The SMILES string of the molecule is CO/C=C(/C(=O)OC)C1=C(C#Cc2ccccc2)CCC1. The van der Waals surface area contributed by atoms with Gasteiger partial charge in [0, 0.05) is 11.1 Å². The van der Waals surface area contributed by atoms with E-state index in [2.05, 4.69) is 11.8 Å². The third kappa shape index (κ3) is 3.76. The summed E-state index contributed by atoms with van der Waals surface area (Å²) in [6.45, 7) is 0. The molecule has 108 valence electrons. The van der Waals surface area contributed by atoms with Crippen molar-refractivity contribution in [3.8, 4) is 11.8 Å². The number of rotatable bonds is 3. The summed E-state index contributed by atoms with van der Waals surface area (Å²) in [5.41, 5.74) is 3.36. The number of hydrogen-bond donors (Lipinski definition) is 0. The second kappa shape index (κ2) is 7.35. The Bertz CT molecular complexity index is 627. The van der Waals surface area contributed by atoms with Crippen molar-refractivity contribution in [3.05, 3.63) is 58.9 Å². The number of methoxy groups -OCH3 is 2. The van der Waals surface area contributed by atoms with Crippen LogP contribution in [-0.2, 0) is 14.3 Å². The Balaban J connectivity index is 2.34. The predicted molar refractivity (Wildman–Crippen MR) is 81.3 cm³/mol. The fraction of sp³-hybridized carbons (Fsp3) is 0.278. The number of benzene rings is 1. The van der Waals surface area contributed by atoms with Crippen molar-refractivity contribution in [2.75, 3.05) is 14.2 Å². The van der Waals surface area contributed by atoms with Crippen LogP contribution in [0, 0.1) is 11.8 Å². The van der Waals surface area contributed by atoms with Crippen molar-refractivity contribution < 1.29 is 14.3 Å². The maximum Gasteiger partial charge on any atom is 0.341 e. The monoisotopic (exact) mass is 282 g/mol. The lowest BCUT2D eigenvalue weighted by Gasteiger charge is -2.07.